The predicted molar refractivity (Wildman–Crippen MR) is 143 cm³/mol. The first-order valence-corrected chi connectivity index (χ1v) is 13.0. The van der Waals surface area contributed by atoms with Crippen LogP contribution in [0.25, 0.3) is 0 Å². The van der Waals surface area contributed by atoms with Gasteiger partial charge in [0.05, 0.1) is 0 Å². The van der Waals surface area contributed by atoms with Gasteiger partial charge >= 0.3 is 6.09 Å². The molecule has 1 aromatic carbocycles. The molecule has 0 spiro atoms. The number of aromatic hydroxyl groups is 1. The fourth-order valence-corrected chi connectivity index (χ4v) is 3.79. The Balaban J connectivity index is 3.62. The number of ether oxygens (including phenoxy) is 1. The first-order valence-electron chi connectivity index (χ1n) is 13.0. The molecule has 8 heteroatoms. The van der Waals surface area contributed by atoms with Crippen LogP contribution in [-0.4, -0.2) is 51.6 Å². The van der Waals surface area contributed by atoms with Gasteiger partial charge in [0.2, 0.25) is 11.8 Å². The molecule has 0 fully saturated rings. The number of carbonyl (C=O) groups is 3. The van der Waals surface area contributed by atoms with Crippen LogP contribution in [0.2, 0.25) is 0 Å². The number of nitrogens with zero attached hydrogens (tertiary/aromatic N) is 1. The van der Waals surface area contributed by atoms with E-state index in [1.54, 1.807) is 44.7 Å². The molecule has 0 aliphatic carbocycles. The van der Waals surface area contributed by atoms with E-state index in [4.69, 9.17) is 4.74 Å². The summed E-state index contributed by atoms with van der Waals surface area (Å²) in [6, 6.07) is 3.08. The van der Waals surface area contributed by atoms with E-state index in [1.807, 2.05) is 41.5 Å². The van der Waals surface area contributed by atoms with Gasteiger partial charge in [-0.15, -0.1) is 0 Å². The lowest BCUT2D eigenvalue weighted by atomic mass is 9.90. The third-order valence-corrected chi connectivity index (χ3v) is 6.23. The summed E-state index contributed by atoms with van der Waals surface area (Å²) >= 11 is 0. The van der Waals surface area contributed by atoms with E-state index < -0.39 is 29.3 Å². The molecule has 1 rings (SSSR count). The van der Waals surface area contributed by atoms with Crippen LogP contribution in [0, 0.1) is 12.8 Å². The number of unbranched alkanes of at least 4 members (excludes halogenated alkanes) is 1. The van der Waals surface area contributed by atoms with Crippen LogP contribution in [-0.2, 0) is 14.3 Å². The lowest BCUT2D eigenvalue weighted by molar-refractivity contribution is -0.150. The Morgan fingerprint density at radius 2 is 1.69 bits per heavy atom. The van der Waals surface area contributed by atoms with Crippen molar-refractivity contribution in [1.82, 2.24) is 15.5 Å². The lowest BCUT2D eigenvalue weighted by Crippen LogP contribution is -2.60. The van der Waals surface area contributed by atoms with Crippen LogP contribution < -0.4 is 10.6 Å². The lowest BCUT2D eigenvalue weighted by Gasteiger charge is -2.45. The number of amides is 3. The number of hydrogen-bond donors (Lipinski definition) is 3. The molecule has 2 unspecified atom stereocenters. The van der Waals surface area contributed by atoms with Crippen LogP contribution in [0.4, 0.5) is 4.79 Å². The Morgan fingerprint density at radius 3 is 2.17 bits per heavy atom. The van der Waals surface area contributed by atoms with E-state index in [9.17, 15) is 19.5 Å². The second-order valence-electron chi connectivity index (χ2n) is 11.3. The van der Waals surface area contributed by atoms with E-state index in [1.165, 1.54) is 6.07 Å². The highest BCUT2D eigenvalue weighted by Crippen LogP contribution is 2.34. The van der Waals surface area contributed by atoms with Crippen LogP contribution in [0.5, 0.6) is 5.75 Å². The molecule has 3 N–H and O–H groups in total. The van der Waals surface area contributed by atoms with Gasteiger partial charge in [-0.25, -0.2) is 4.79 Å². The average molecular weight is 506 g/mol. The summed E-state index contributed by atoms with van der Waals surface area (Å²) < 4.78 is 5.42. The smallest absolute Gasteiger partial charge is 0.408 e. The average Bonchev–Trinajstić information content (AvgIpc) is 2.75. The van der Waals surface area contributed by atoms with E-state index in [2.05, 4.69) is 10.6 Å². The minimum Gasteiger partial charge on any atom is -0.508 e. The molecule has 2 atom stereocenters. The number of carbonyl (C=O) groups excluding carboxylic acids is 3. The molecule has 8 nitrogen and oxygen atoms in total. The van der Waals surface area contributed by atoms with Gasteiger partial charge in [-0.2, -0.15) is 0 Å². The number of nitrogens with one attached hydrogen (secondary N) is 2. The summed E-state index contributed by atoms with van der Waals surface area (Å²) in [7, 11) is 0. The maximum Gasteiger partial charge on any atom is 0.408 e. The predicted octanol–water partition coefficient (Wildman–Crippen LogP) is 5.22. The topological polar surface area (TPSA) is 108 Å². The molecular formula is C28H47N3O5. The Kier molecular flexibility index (Phi) is 11.3. The van der Waals surface area contributed by atoms with Crippen LogP contribution in [0.1, 0.15) is 98.7 Å². The highest BCUT2D eigenvalue weighted by Gasteiger charge is 2.43. The molecule has 0 aromatic heterocycles. The minimum absolute atomic E-state index is 0.114. The molecule has 0 radical (unpaired) electrons. The molecule has 0 aliphatic rings. The summed E-state index contributed by atoms with van der Waals surface area (Å²) in [5.41, 5.74) is -0.248. The summed E-state index contributed by atoms with van der Waals surface area (Å²) in [6.07, 6.45) is 1.62. The number of phenolic OH excluding ortho intramolecular Hbond substituents is 1. The van der Waals surface area contributed by atoms with E-state index in [-0.39, 0.29) is 23.5 Å². The van der Waals surface area contributed by atoms with Crippen LogP contribution >= 0.6 is 0 Å². The molecule has 0 saturated carbocycles. The Hall–Kier alpha value is -2.77. The van der Waals surface area contributed by atoms with Crippen LogP contribution in [0.3, 0.4) is 0 Å². The number of alkyl carbamates (subject to hydrolysis) is 1. The van der Waals surface area contributed by atoms with Gasteiger partial charge < -0.3 is 25.4 Å². The second kappa shape index (κ2) is 13.0. The highest BCUT2D eigenvalue weighted by molar-refractivity contribution is 5.93. The van der Waals surface area contributed by atoms with Gasteiger partial charge in [-0.3, -0.25) is 9.59 Å². The minimum atomic E-state index is -0.953. The molecular weight excluding hydrogens is 458 g/mol. The van der Waals surface area contributed by atoms with Gasteiger partial charge in [0.15, 0.2) is 0 Å². The van der Waals surface area contributed by atoms with Crippen LogP contribution in [0.15, 0.2) is 18.2 Å². The molecule has 0 saturated heterocycles. The molecule has 36 heavy (non-hydrogen) atoms. The summed E-state index contributed by atoms with van der Waals surface area (Å²) in [4.78, 5) is 42.1. The van der Waals surface area contributed by atoms with E-state index >= 15 is 0 Å². The molecule has 0 aliphatic heterocycles. The standard InChI is InChI=1S/C28H47N3O5/c1-11-13-16-29-24(33)23(20-14-15-21(32)19(5)17-20)31(28(9,10)12-2)25(34)22(18(3)4)30-26(35)36-27(6,7)8/h14-15,17-18,22-23,32H,11-13,16H2,1-10H3,(H,29,33)(H,30,35). The largest absolute Gasteiger partial charge is 0.508 e. The van der Waals surface area contributed by atoms with E-state index in [0.29, 0.717) is 24.1 Å². The molecule has 0 heterocycles. The van der Waals surface area contributed by atoms with Gasteiger partial charge in [0.1, 0.15) is 23.4 Å². The number of aryl methyl sites for hydroxylation is 1. The number of hydrogen-bond acceptors (Lipinski definition) is 5. The van der Waals surface area contributed by atoms with Crippen molar-refractivity contribution in [3.8, 4) is 5.75 Å². The number of benzene rings is 1. The highest BCUT2D eigenvalue weighted by atomic mass is 16.6. The van der Waals surface area contributed by atoms with Crippen molar-refractivity contribution in [2.24, 2.45) is 5.92 Å². The second-order valence-corrected chi connectivity index (χ2v) is 11.3. The van der Waals surface area contributed by atoms with Crippen molar-refractivity contribution < 1.29 is 24.2 Å². The summed E-state index contributed by atoms with van der Waals surface area (Å²) in [5.74, 6) is -0.819. The Morgan fingerprint density at radius 1 is 1.08 bits per heavy atom. The summed E-state index contributed by atoms with van der Waals surface area (Å²) in [6.45, 7) is 19.0. The van der Waals surface area contributed by atoms with Crippen molar-refractivity contribution in [2.75, 3.05) is 6.54 Å². The molecule has 3 amide bonds. The SMILES string of the molecule is CCCCNC(=O)C(c1ccc(O)c(C)c1)N(C(=O)C(NC(=O)OC(C)(C)C)C(C)C)C(C)(C)CC. The number of rotatable bonds is 11. The summed E-state index contributed by atoms with van der Waals surface area (Å²) in [5, 5.41) is 15.8. The Bertz CT molecular complexity index is 905. The van der Waals surface area contributed by atoms with Crippen molar-refractivity contribution in [3.05, 3.63) is 29.3 Å². The van der Waals surface area contributed by atoms with Crippen molar-refractivity contribution in [2.45, 2.75) is 112 Å². The van der Waals surface area contributed by atoms with Crippen molar-refractivity contribution in [3.63, 3.8) is 0 Å². The fraction of sp³-hybridized carbons (Fsp3) is 0.679. The monoisotopic (exact) mass is 505 g/mol. The van der Waals surface area contributed by atoms with Crippen molar-refractivity contribution >= 4 is 17.9 Å². The first-order chi connectivity index (χ1) is 16.6. The molecule has 204 valence electrons. The van der Waals surface area contributed by atoms with E-state index in [0.717, 1.165) is 12.8 Å². The van der Waals surface area contributed by atoms with Gasteiger partial charge in [0.25, 0.3) is 0 Å². The quantitative estimate of drug-likeness (QED) is 0.357. The number of phenols is 1. The van der Waals surface area contributed by atoms with Gasteiger partial charge in [-0.1, -0.05) is 40.2 Å². The maximum atomic E-state index is 14.2. The van der Waals surface area contributed by atoms with Crippen molar-refractivity contribution in [1.29, 1.82) is 0 Å². The zero-order valence-corrected chi connectivity index (χ0v) is 23.8. The molecule has 1 aromatic rings. The van der Waals surface area contributed by atoms with Gasteiger partial charge in [0, 0.05) is 12.1 Å². The third kappa shape index (κ3) is 8.71. The zero-order valence-electron chi connectivity index (χ0n) is 23.8. The fourth-order valence-electron chi connectivity index (χ4n) is 3.79. The normalized spacial score (nSPS) is 13.6. The van der Waals surface area contributed by atoms with Gasteiger partial charge in [-0.05, 0) is 83.6 Å². The first kappa shape index (κ1) is 31.3. The molecule has 0 bridgehead atoms. The Labute approximate surface area is 217 Å². The maximum absolute atomic E-state index is 14.2. The third-order valence-electron chi connectivity index (χ3n) is 6.23. The zero-order chi connectivity index (χ0) is 27.8.